The molecule has 0 unspecified atom stereocenters. The zero-order valence-electron chi connectivity index (χ0n) is 14.3. The van der Waals surface area contributed by atoms with Crippen LogP contribution < -0.4 is 0 Å². The summed E-state index contributed by atoms with van der Waals surface area (Å²) in [6.45, 7) is 1.53. The number of piperidine rings is 1. The van der Waals surface area contributed by atoms with Gasteiger partial charge in [0.15, 0.2) is 0 Å². The summed E-state index contributed by atoms with van der Waals surface area (Å²) in [5, 5.41) is 1.24. The van der Waals surface area contributed by atoms with E-state index in [9.17, 15) is 9.18 Å². The number of likely N-dealkylation sites (tertiary alicyclic amines) is 1. The number of nitrogens with zero attached hydrogens (tertiary/aromatic N) is 1. The summed E-state index contributed by atoms with van der Waals surface area (Å²) in [4.78, 5) is 18.0. The minimum atomic E-state index is -0.305. The summed E-state index contributed by atoms with van der Waals surface area (Å²) in [7, 11) is 0. The van der Waals surface area contributed by atoms with Crippen LogP contribution in [0, 0.1) is 5.82 Å². The molecule has 26 heavy (non-hydrogen) atoms. The lowest BCUT2D eigenvalue weighted by atomic mass is 9.93. The zero-order chi connectivity index (χ0) is 18.1. The first-order valence-electron chi connectivity index (χ1n) is 8.89. The number of halogens is 2. The van der Waals surface area contributed by atoms with Gasteiger partial charge in [-0.15, -0.1) is 0 Å². The van der Waals surface area contributed by atoms with E-state index in [-0.39, 0.29) is 11.7 Å². The van der Waals surface area contributed by atoms with E-state index in [0.29, 0.717) is 16.8 Å². The number of H-pyrrole nitrogens is 1. The van der Waals surface area contributed by atoms with E-state index < -0.39 is 0 Å². The molecule has 3 aromatic rings. The van der Waals surface area contributed by atoms with Crippen LogP contribution in [0.1, 0.15) is 30.0 Å². The predicted molar refractivity (Wildman–Crippen MR) is 105 cm³/mol. The molecule has 1 saturated heterocycles. The Balaban J connectivity index is 1.38. The first kappa shape index (κ1) is 17.3. The summed E-state index contributed by atoms with van der Waals surface area (Å²) in [6, 6.07) is 15.3. The molecule has 2 heterocycles. The molecule has 0 spiro atoms. The van der Waals surface area contributed by atoms with E-state index in [0.717, 1.165) is 31.5 Å². The number of rotatable bonds is 3. The molecule has 0 aliphatic carbocycles. The van der Waals surface area contributed by atoms with Gasteiger partial charge < -0.3 is 9.88 Å². The number of nitrogens with one attached hydrogen (secondary N) is 1. The number of hydrogen-bond donors (Lipinski definition) is 1. The normalized spacial score (nSPS) is 15.5. The molecule has 0 saturated carbocycles. The highest BCUT2D eigenvalue weighted by Gasteiger charge is 2.25. The Morgan fingerprint density at radius 2 is 1.92 bits per heavy atom. The second-order valence-electron chi connectivity index (χ2n) is 6.89. The Morgan fingerprint density at radius 1 is 1.15 bits per heavy atom. The van der Waals surface area contributed by atoms with Crippen LogP contribution in [0.2, 0.25) is 0 Å². The Hall–Kier alpha value is -2.14. The minimum Gasteiger partial charge on any atom is -0.358 e. The number of carbonyl (C=O) groups excluding carboxylic acids is 1. The van der Waals surface area contributed by atoms with Gasteiger partial charge in [-0.2, -0.15) is 0 Å². The first-order valence-corrected chi connectivity index (χ1v) is 9.69. The van der Waals surface area contributed by atoms with E-state index >= 15 is 0 Å². The average Bonchev–Trinajstić information content (AvgIpc) is 3.09. The van der Waals surface area contributed by atoms with Crippen LogP contribution in [0.3, 0.4) is 0 Å². The van der Waals surface area contributed by atoms with E-state index in [2.05, 4.69) is 45.2 Å². The Labute approximate surface area is 160 Å². The molecule has 1 N–H and O–H groups in total. The largest absolute Gasteiger partial charge is 0.358 e. The number of aromatic nitrogens is 1. The maximum absolute atomic E-state index is 13.3. The van der Waals surface area contributed by atoms with Crippen molar-refractivity contribution >= 4 is 32.7 Å². The molecule has 2 aromatic carbocycles. The minimum absolute atomic E-state index is 0.110. The molecule has 134 valence electrons. The SMILES string of the molecule is O=C(Cc1ccc(F)c(Br)c1)N1CCC(c2cc3ccccc3[nH]2)CC1. The van der Waals surface area contributed by atoms with Crippen LogP contribution in [0.25, 0.3) is 10.9 Å². The fourth-order valence-corrected chi connectivity index (χ4v) is 4.12. The molecule has 1 aliphatic rings. The fraction of sp³-hybridized carbons (Fsp3) is 0.286. The first-order chi connectivity index (χ1) is 12.6. The third-order valence-electron chi connectivity index (χ3n) is 5.18. The zero-order valence-corrected chi connectivity index (χ0v) is 15.9. The lowest BCUT2D eigenvalue weighted by Gasteiger charge is -2.31. The van der Waals surface area contributed by atoms with E-state index in [1.165, 1.54) is 22.7 Å². The number of amides is 1. The van der Waals surface area contributed by atoms with Gasteiger partial charge in [0.1, 0.15) is 5.82 Å². The third-order valence-corrected chi connectivity index (χ3v) is 5.79. The molecule has 3 nitrogen and oxygen atoms in total. The lowest BCUT2D eigenvalue weighted by Crippen LogP contribution is -2.38. The van der Waals surface area contributed by atoms with Crippen LogP contribution >= 0.6 is 15.9 Å². The molecule has 1 aromatic heterocycles. The summed E-state index contributed by atoms with van der Waals surface area (Å²) in [6.07, 6.45) is 2.24. The summed E-state index contributed by atoms with van der Waals surface area (Å²) >= 11 is 3.18. The van der Waals surface area contributed by atoms with Gasteiger partial charge in [0, 0.05) is 30.2 Å². The molecule has 1 aliphatic heterocycles. The van der Waals surface area contributed by atoms with Gasteiger partial charge in [-0.1, -0.05) is 24.3 Å². The molecular formula is C21H20BrFN2O. The van der Waals surface area contributed by atoms with Crippen molar-refractivity contribution in [2.45, 2.75) is 25.2 Å². The van der Waals surface area contributed by atoms with Gasteiger partial charge >= 0.3 is 0 Å². The van der Waals surface area contributed by atoms with Crippen molar-refractivity contribution in [1.29, 1.82) is 0 Å². The number of aromatic amines is 1. The van der Waals surface area contributed by atoms with Gasteiger partial charge in [-0.25, -0.2) is 4.39 Å². The van der Waals surface area contributed by atoms with Crippen molar-refractivity contribution in [1.82, 2.24) is 9.88 Å². The monoisotopic (exact) mass is 414 g/mol. The molecule has 1 amide bonds. The van der Waals surface area contributed by atoms with Crippen LogP contribution in [0.15, 0.2) is 53.0 Å². The van der Waals surface area contributed by atoms with Crippen LogP contribution in [0.5, 0.6) is 0 Å². The summed E-state index contributed by atoms with van der Waals surface area (Å²) in [5.74, 6) is 0.269. The predicted octanol–water partition coefficient (Wildman–Crippen LogP) is 5.02. The lowest BCUT2D eigenvalue weighted by molar-refractivity contribution is -0.131. The van der Waals surface area contributed by atoms with Crippen LogP contribution in [0.4, 0.5) is 4.39 Å². The maximum atomic E-state index is 13.3. The van der Waals surface area contributed by atoms with Gasteiger partial charge in [0.05, 0.1) is 10.9 Å². The van der Waals surface area contributed by atoms with E-state index in [4.69, 9.17) is 0 Å². The number of para-hydroxylation sites is 1. The third kappa shape index (κ3) is 3.54. The highest BCUT2D eigenvalue weighted by atomic mass is 79.9. The van der Waals surface area contributed by atoms with Gasteiger partial charge in [0.25, 0.3) is 0 Å². The molecule has 0 radical (unpaired) electrons. The van der Waals surface area contributed by atoms with Crippen molar-refractivity contribution in [2.24, 2.45) is 0 Å². The number of carbonyl (C=O) groups is 1. The van der Waals surface area contributed by atoms with E-state index in [1.807, 2.05) is 11.0 Å². The standard InChI is InChI=1S/C21H20BrFN2O/c22-17-11-14(5-6-18(17)23)12-21(26)25-9-7-15(8-10-25)20-13-16-3-1-2-4-19(16)24-20/h1-6,11,13,15,24H,7-10,12H2. The Kier molecular flexibility index (Phi) is 4.81. The fourth-order valence-electron chi connectivity index (χ4n) is 3.69. The molecule has 0 bridgehead atoms. The molecule has 5 heteroatoms. The maximum Gasteiger partial charge on any atom is 0.226 e. The molecule has 1 fully saturated rings. The topological polar surface area (TPSA) is 36.1 Å². The average molecular weight is 415 g/mol. The van der Waals surface area contributed by atoms with Crippen LogP contribution in [-0.2, 0) is 11.2 Å². The quantitative estimate of drug-likeness (QED) is 0.641. The van der Waals surface area contributed by atoms with Gasteiger partial charge in [-0.05, 0) is 64.0 Å². The number of benzene rings is 2. The number of fused-ring (bicyclic) bond motifs is 1. The smallest absolute Gasteiger partial charge is 0.226 e. The van der Waals surface area contributed by atoms with E-state index in [1.54, 1.807) is 12.1 Å². The Morgan fingerprint density at radius 3 is 2.65 bits per heavy atom. The second-order valence-corrected chi connectivity index (χ2v) is 7.75. The van der Waals surface area contributed by atoms with Gasteiger partial charge in [-0.3, -0.25) is 4.79 Å². The van der Waals surface area contributed by atoms with Gasteiger partial charge in [0.2, 0.25) is 5.91 Å². The molecule has 4 rings (SSSR count). The number of hydrogen-bond acceptors (Lipinski definition) is 1. The van der Waals surface area contributed by atoms with Crippen molar-refractivity contribution in [3.8, 4) is 0 Å². The highest BCUT2D eigenvalue weighted by molar-refractivity contribution is 9.10. The summed E-state index contributed by atoms with van der Waals surface area (Å²) in [5.41, 5.74) is 3.27. The molecule has 0 atom stereocenters. The van der Waals surface area contributed by atoms with Crippen molar-refractivity contribution in [3.05, 3.63) is 70.1 Å². The van der Waals surface area contributed by atoms with Crippen LogP contribution in [-0.4, -0.2) is 28.9 Å². The Bertz CT molecular complexity index is 911. The highest BCUT2D eigenvalue weighted by Crippen LogP contribution is 2.30. The van der Waals surface area contributed by atoms with Crippen molar-refractivity contribution < 1.29 is 9.18 Å². The molecular weight excluding hydrogens is 395 g/mol. The van der Waals surface area contributed by atoms with Crippen molar-refractivity contribution in [3.63, 3.8) is 0 Å². The summed E-state index contributed by atoms with van der Waals surface area (Å²) < 4.78 is 13.7. The second kappa shape index (κ2) is 7.23. The van der Waals surface area contributed by atoms with Crippen molar-refractivity contribution in [2.75, 3.05) is 13.1 Å².